The average molecular weight is 564 g/mol. The number of aromatic nitrogens is 1. The van der Waals surface area contributed by atoms with Crippen LogP contribution in [0.2, 0.25) is 0 Å². The van der Waals surface area contributed by atoms with E-state index in [1.807, 2.05) is 48.3 Å². The standard InChI is InChI=1S/C31H32F3N5O2/c1-38-14-5-15-39(17-16-38)20-22-11-10-21(18-26(22)31(32,33)34)30(40)36-24-7-3-6-23(19-24)35-29-13-12-25-27(37-29)8-4-9-28(25)41-2/h3-4,6-13,18-19H,5,14-17,20H2,1-2H3,(H,35,37)(H,36,40). The molecule has 0 saturated carbocycles. The second-order valence-electron chi connectivity index (χ2n) is 10.2. The third-order valence-corrected chi connectivity index (χ3v) is 7.19. The number of amides is 1. The van der Waals surface area contributed by atoms with Crippen molar-refractivity contribution >= 4 is 34.0 Å². The van der Waals surface area contributed by atoms with Crippen LogP contribution in [0.15, 0.2) is 72.8 Å². The number of rotatable bonds is 7. The SMILES string of the molecule is COc1cccc2nc(Nc3cccc(NC(=O)c4ccc(CN5CCCN(C)CC5)c(C(F)(F)F)c4)c3)ccc12. The fourth-order valence-electron chi connectivity index (χ4n) is 5.02. The fourth-order valence-corrected chi connectivity index (χ4v) is 5.02. The Bertz CT molecular complexity index is 1540. The first-order valence-corrected chi connectivity index (χ1v) is 13.4. The van der Waals surface area contributed by atoms with E-state index in [-0.39, 0.29) is 17.7 Å². The number of fused-ring (bicyclic) bond motifs is 1. The summed E-state index contributed by atoms with van der Waals surface area (Å²) in [4.78, 5) is 21.8. The molecule has 2 N–H and O–H groups in total. The smallest absolute Gasteiger partial charge is 0.416 e. The number of methoxy groups -OCH3 is 1. The number of nitrogens with zero attached hydrogens (tertiary/aromatic N) is 3. The first kappa shape index (κ1) is 28.4. The molecule has 1 fully saturated rings. The second kappa shape index (κ2) is 12.2. The molecule has 1 aliphatic heterocycles. The van der Waals surface area contributed by atoms with Crippen molar-refractivity contribution in [2.45, 2.75) is 19.1 Å². The number of halogens is 3. The predicted octanol–water partition coefficient (Wildman–Crippen LogP) is 6.40. The van der Waals surface area contributed by atoms with Crippen molar-refractivity contribution in [2.24, 2.45) is 0 Å². The molecular formula is C31H32F3N5O2. The van der Waals surface area contributed by atoms with Crippen molar-refractivity contribution in [1.82, 2.24) is 14.8 Å². The zero-order chi connectivity index (χ0) is 29.0. The summed E-state index contributed by atoms with van der Waals surface area (Å²) >= 11 is 0. The highest BCUT2D eigenvalue weighted by molar-refractivity contribution is 6.04. The Morgan fingerprint density at radius 2 is 1.76 bits per heavy atom. The number of benzene rings is 3. The first-order chi connectivity index (χ1) is 19.7. The zero-order valence-electron chi connectivity index (χ0n) is 23.0. The number of carbonyl (C=O) groups excluding carboxylic acids is 1. The number of alkyl halides is 3. The van der Waals surface area contributed by atoms with Crippen LogP contribution < -0.4 is 15.4 Å². The lowest BCUT2D eigenvalue weighted by Gasteiger charge is -2.23. The molecule has 3 aromatic carbocycles. The molecule has 5 rings (SSSR count). The topological polar surface area (TPSA) is 69.7 Å². The molecule has 1 saturated heterocycles. The Kier molecular flexibility index (Phi) is 8.41. The van der Waals surface area contributed by atoms with Gasteiger partial charge in [0.05, 0.1) is 18.2 Å². The van der Waals surface area contributed by atoms with Crippen LogP contribution in [0.1, 0.15) is 27.9 Å². The van der Waals surface area contributed by atoms with E-state index >= 15 is 0 Å². The van der Waals surface area contributed by atoms with E-state index in [1.165, 1.54) is 12.1 Å². The number of hydrogen-bond acceptors (Lipinski definition) is 6. The van der Waals surface area contributed by atoms with Gasteiger partial charge in [-0.3, -0.25) is 9.69 Å². The number of anilines is 3. The van der Waals surface area contributed by atoms with Crippen molar-refractivity contribution < 1.29 is 22.7 Å². The highest BCUT2D eigenvalue weighted by atomic mass is 19.4. The third kappa shape index (κ3) is 6.96. The van der Waals surface area contributed by atoms with Crippen molar-refractivity contribution in [3.8, 4) is 5.75 Å². The number of ether oxygens (including phenoxy) is 1. The van der Waals surface area contributed by atoms with Crippen LogP contribution >= 0.6 is 0 Å². The van der Waals surface area contributed by atoms with Gasteiger partial charge in [-0.25, -0.2) is 4.98 Å². The largest absolute Gasteiger partial charge is 0.496 e. The van der Waals surface area contributed by atoms with Crippen LogP contribution in [-0.2, 0) is 12.7 Å². The van der Waals surface area contributed by atoms with E-state index in [9.17, 15) is 18.0 Å². The lowest BCUT2D eigenvalue weighted by atomic mass is 10.0. The van der Waals surface area contributed by atoms with E-state index in [4.69, 9.17) is 4.74 Å². The molecule has 2 heterocycles. The molecule has 0 radical (unpaired) electrons. The molecule has 7 nitrogen and oxygen atoms in total. The molecule has 0 aliphatic carbocycles. The van der Waals surface area contributed by atoms with E-state index in [0.717, 1.165) is 48.8 Å². The third-order valence-electron chi connectivity index (χ3n) is 7.19. The van der Waals surface area contributed by atoms with Gasteiger partial charge in [0, 0.05) is 42.0 Å². The summed E-state index contributed by atoms with van der Waals surface area (Å²) in [6.45, 7) is 3.35. The van der Waals surface area contributed by atoms with E-state index in [2.05, 4.69) is 20.5 Å². The number of pyridine rings is 1. The minimum Gasteiger partial charge on any atom is -0.496 e. The molecule has 214 valence electrons. The fraction of sp³-hybridized carbons (Fsp3) is 0.290. The minimum atomic E-state index is -4.57. The summed E-state index contributed by atoms with van der Waals surface area (Å²) in [5.41, 5.74) is 1.19. The Morgan fingerprint density at radius 1 is 0.951 bits per heavy atom. The molecule has 1 aliphatic rings. The molecular weight excluding hydrogens is 531 g/mol. The predicted molar refractivity (Wildman–Crippen MR) is 155 cm³/mol. The minimum absolute atomic E-state index is 0.0554. The summed E-state index contributed by atoms with van der Waals surface area (Å²) < 4.78 is 47.5. The van der Waals surface area contributed by atoms with Crippen LogP contribution in [0.3, 0.4) is 0 Å². The molecule has 4 aromatic rings. The van der Waals surface area contributed by atoms with Crippen molar-refractivity contribution in [1.29, 1.82) is 0 Å². The lowest BCUT2D eigenvalue weighted by molar-refractivity contribution is -0.138. The van der Waals surface area contributed by atoms with Crippen molar-refractivity contribution in [2.75, 3.05) is 51.0 Å². The maximum absolute atomic E-state index is 14.0. The van der Waals surface area contributed by atoms with E-state index in [1.54, 1.807) is 25.3 Å². The Hall–Kier alpha value is -4.15. The van der Waals surface area contributed by atoms with Crippen LogP contribution in [0.5, 0.6) is 5.75 Å². The Labute approximate surface area is 236 Å². The Balaban J connectivity index is 1.30. The summed E-state index contributed by atoms with van der Waals surface area (Å²) in [5, 5.41) is 6.81. The van der Waals surface area contributed by atoms with Crippen molar-refractivity contribution in [3.05, 3.63) is 89.5 Å². The molecule has 41 heavy (non-hydrogen) atoms. The summed E-state index contributed by atoms with van der Waals surface area (Å²) in [7, 11) is 3.62. The average Bonchev–Trinajstić information content (AvgIpc) is 3.16. The summed E-state index contributed by atoms with van der Waals surface area (Å²) in [6, 6.07) is 20.1. The van der Waals surface area contributed by atoms with Gasteiger partial charge in [0.25, 0.3) is 5.91 Å². The first-order valence-electron chi connectivity index (χ1n) is 13.4. The van der Waals surface area contributed by atoms with E-state index in [0.29, 0.717) is 23.7 Å². The molecule has 0 atom stereocenters. The summed E-state index contributed by atoms with van der Waals surface area (Å²) in [5.74, 6) is 0.699. The van der Waals surface area contributed by atoms with Gasteiger partial charge < -0.3 is 20.3 Å². The number of nitrogens with one attached hydrogen (secondary N) is 2. The van der Waals surface area contributed by atoms with E-state index < -0.39 is 17.6 Å². The van der Waals surface area contributed by atoms with Gasteiger partial charge in [0.1, 0.15) is 11.6 Å². The highest BCUT2D eigenvalue weighted by Gasteiger charge is 2.34. The normalized spacial score (nSPS) is 15.0. The van der Waals surface area contributed by atoms with Crippen LogP contribution in [0.4, 0.5) is 30.4 Å². The molecule has 0 unspecified atom stereocenters. The zero-order valence-corrected chi connectivity index (χ0v) is 23.0. The maximum Gasteiger partial charge on any atom is 0.416 e. The second-order valence-corrected chi connectivity index (χ2v) is 10.2. The summed E-state index contributed by atoms with van der Waals surface area (Å²) in [6.07, 6.45) is -3.67. The number of hydrogen-bond donors (Lipinski definition) is 2. The van der Waals surface area contributed by atoms with Gasteiger partial charge in [-0.2, -0.15) is 13.2 Å². The molecule has 0 spiro atoms. The van der Waals surface area contributed by atoms with Gasteiger partial charge >= 0.3 is 6.18 Å². The lowest BCUT2D eigenvalue weighted by Crippen LogP contribution is -2.29. The van der Waals surface area contributed by atoms with Crippen LogP contribution in [0.25, 0.3) is 10.9 Å². The number of carbonyl (C=O) groups is 1. The van der Waals surface area contributed by atoms with Gasteiger partial charge in [-0.1, -0.05) is 18.2 Å². The van der Waals surface area contributed by atoms with Crippen LogP contribution in [0, 0.1) is 0 Å². The van der Waals surface area contributed by atoms with Crippen molar-refractivity contribution in [3.63, 3.8) is 0 Å². The van der Waals surface area contributed by atoms with Gasteiger partial charge in [0.2, 0.25) is 0 Å². The number of likely N-dealkylation sites (N-methyl/N-ethyl adjacent to an activating group) is 1. The highest BCUT2D eigenvalue weighted by Crippen LogP contribution is 2.34. The molecule has 1 amide bonds. The molecule has 1 aromatic heterocycles. The quantitative estimate of drug-likeness (QED) is 0.271. The van der Waals surface area contributed by atoms with Crippen LogP contribution in [-0.4, -0.2) is 61.0 Å². The van der Waals surface area contributed by atoms with Gasteiger partial charge in [0.15, 0.2) is 0 Å². The molecule has 0 bridgehead atoms. The maximum atomic E-state index is 14.0. The van der Waals surface area contributed by atoms with Gasteiger partial charge in [-0.05, 0) is 86.7 Å². The van der Waals surface area contributed by atoms with Gasteiger partial charge in [-0.15, -0.1) is 0 Å². The molecule has 10 heteroatoms. The monoisotopic (exact) mass is 563 g/mol. The Morgan fingerprint density at radius 3 is 2.56 bits per heavy atom.